The Morgan fingerprint density at radius 2 is 2.24 bits per heavy atom. The first-order valence-corrected chi connectivity index (χ1v) is 6.30. The quantitative estimate of drug-likeness (QED) is 0.858. The summed E-state index contributed by atoms with van der Waals surface area (Å²) >= 11 is 0. The summed E-state index contributed by atoms with van der Waals surface area (Å²) in [7, 11) is 0. The van der Waals surface area contributed by atoms with Crippen molar-refractivity contribution in [3.05, 3.63) is 11.7 Å². The van der Waals surface area contributed by atoms with Gasteiger partial charge in [0, 0.05) is 6.54 Å². The van der Waals surface area contributed by atoms with E-state index in [-0.39, 0.29) is 5.41 Å². The van der Waals surface area contributed by atoms with Crippen molar-refractivity contribution in [3.63, 3.8) is 0 Å². The van der Waals surface area contributed by atoms with Gasteiger partial charge >= 0.3 is 0 Å². The van der Waals surface area contributed by atoms with Crippen LogP contribution in [0.4, 0.5) is 0 Å². The molecule has 2 fully saturated rings. The van der Waals surface area contributed by atoms with Crippen molar-refractivity contribution >= 4 is 0 Å². The normalized spacial score (nSPS) is 32.3. The third-order valence-corrected chi connectivity index (χ3v) is 3.97. The molecule has 0 aliphatic carbocycles. The fourth-order valence-electron chi connectivity index (χ4n) is 2.66. The van der Waals surface area contributed by atoms with Gasteiger partial charge < -0.3 is 15.0 Å². The maximum absolute atomic E-state index is 5.81. The van der Waals surface area contributed by atoms with Crippen LogP contribution in [-0.2, 0) is 10.2 Å². The molecule has 3 rings (SSSR count). The number of hydrogen-bond acceptors (Lipinski definition) is 5. The number of fused-ring (bicyclic) bond motifs is 2. The molecule has 1 aromatic heterocycles. The molecule has 1 aromatic rings. The van der Waals surface area contributed by atoms with Gasteiger partial charge in [0.1, 0.15) is 0 Å². The molecule has 3 atom stereocenters. The van der Waals surface area contributed by atoms with Crippen molar-refractivity contribution in [2.75, 3.05) is 6.54 Å². The minimum atomic E-state index is -0.246. The molecular weight excluding hydrogens is 218 g/mol. The minimum Gasteiger partial charge on any atom is -0.374 e. The van der Waals surface area contributed by atoms with Crippen LogP contribution in [0.1, 0.15) is 50.7 Å². The molecule has 5 nitrogen and oxygen atoms in total. The standard InChI is InChI=1S/C12H19N3O2/c1-12(2,6-13)11-14-10(15-17-11)8-5-7-3-4-9(8)16-7/h7-9H,3-6,13H2,1-2H3. The highest BCUT2D eigenvalue weighted by molar-refractivity contribution is 5.09. The van der Waals surface area contributed by atoms with Gasteiger partial charge in [-0.25, -0.2) is 0 Å². The van der Waals surface area contributed by atoms with Crippen molar-refractivity contribution in [2.45, 2.75) is 56.7 Å². The van der Waals surface area contributed by atoms with Gasteiger partial charge in [-0.3, -0.25) is 0 Å². The summed E-state index contributed by atoms with van der Waals surface area (Å²) in [5, 5.41) is 4.11. The number of rotatable bonds is 3. The number of nitrogens with two attached hydrogens (primary N) is 1. The fourth-order valence-corrected chi connectivity index (χ4v) is 2.66. The summed E-state index contributed by atoms with van der Waals surface area (Å²) in [6, 6.07) is 0. The van der Waals surface area contributed by atoms with Crippen molar-refractivity contribution in [1.82, 2.24) is 10.1 Å². The molecule has 2 saturated heterocycles. The van der Waals surface area contributed by atoms with E-state index < -0.39 is 0 Å². The Labute approximate surface area is 101 Å². The first kappa shape index (κ1) is 11.2. The lowest BCUT2D eigenvalue weighted by Crippen LogP contribution is -2.28. The second kappa shape index (κ2) is 3.78. The molecule has 5 heteroatoms. The van der Waals surface area contributed by atoms with E-state index in [0.29, 0.717) is 30.6 Å². The molecule has 17 heavy (non-hydrogen) atoms. The highest BCUT2D eigenvalue weighted by atomic mass is 16.5. The van der Waals surface area contributed by atoms with E-state index >= 15 is 0 Å². The summed E-state index contributed by atoms with van der Waals surface area (Å²) < 4.78 is 11.2. The van der Waals surface area contributed by atoms with E-state index in [9.17, 15) is 0 Å². The Hall–Kier alpha value is -0.940. The molecule has 94 valence electrons. The molecule has 2 N–H and O–H groups in total. The number of hydrogen-bond donors (Lipinski definition) is 1. The Kier molecular flexibility index (Phi) is 2.48. The molecule has 3 heterocycles. The maximum Gasteiger partial charge on any atom is 0.233 e. The van der Waals surface area contributed by atoms with Crippen molar-refractivity contribution in [1.29, 1.82) is 0 Å². The third kappa shape index (κ3) is 1.77. The molecule has 2 bridgehead atoms. The van der Waals surface area contributed by atoms with E-state index in [1.807, 2.05) is 13.8 Å². The molecule has 2 aliphatic heterocycles. The van der Waals surface area contributed by atoms with Crippen LogP contribution in [0, 0.1) is 0 Å². The highest BCUT2D eigenvalue weighted by Gasteiger charge is 2.44. The lowest BCUT2D eigenvalue weighted by Gasteiger charge is -2.16. The van der Waals surface area contributed by atoms with Crippen LogP contribution in [0.25, 0.3) is 0 Å². The SMILES string of the molecule is CC(C)(CN)c1nc(C2CC3CCC2O3)no1. The van der Waals surface area contributed by atoms with Crippen molar-refractivity contribution in [3.8, 4) is 0 Å². The number of aromatic nitrogens is 2. The predicted molar refractivity (Wildman–Crippen MR) is 61.6 cm³/mol. The molecule has 0 amide bonds. The number of ether oxygens (including phenoxy) is 1. The molecule has 0 saturated carbocycles. The van der Waals surface area contributed by atoms with E-state index in [2.05, 4.69) is 10.1 Å². The van der Waals surface area contributed by atoms with Crippen LogP contribution in [0.15, 0.2) is 4.52 Å². The van der Waals surface area contributed by atoms with E-state index in [4.69, 9.17) is 15.0 Å². The van der Waals surface area contributed by atoms with Crippen LogP contribution < -0.4 is 5.73 Å². The molecule has 2 aliphatic rings. The van der Waals surface area contributed by atoms with Crippen molar-refractivity contribution in [2.24, 2.45) is 5.73 Å². The second-order valence-corrected chi connectivity index (χ2v) is 5.76. The van der Waals surface area contributed by atoms with Crippen LogP contribution in [-0.4, -0.2) is 28.9 Å². The number of nitrogens with zero attached hydrogens (tertiary/aromatic N) is 2. The van der Waals surface area contributed by atoms with Crippen LogP contribution >= 0.6 is 0 Å². The van der Waals surface area contributed by atoms with E-state index in [1.165, 1.54) is 6.42 Å². The van der Waals surface area contributed by atoms with Gasteiger partial charge in [-0.1, -0.05) is 5.16 Å². The zero-order valence-electron chi connectivity index (χ0n) is 10.3. The summed E-state index contributed by atoms with van der Waals surface area (Å²) in [6.45, 7) is 4.53. The lowest BCUT2D eigenvalue weighted by atomic mass is 9.88. The van der Waals surface area contributed by atoms with Gasteiger partial charge in [-0.15, -0.1) is 0 Å². The lowest BCUT2D eigenvalue weighted by molar-refractivity contribution is 0.0996. The average Bonchev–Trinajstić information content (AvgIpc) is 3.03. The Balaban J connectivity index is 1.81. The predicted octanol–water partition coefficient (Wildman–Crippen LogP) is 1.34. The van der Waals surface area contributed by atoms with E-state index in [1.54, 1.807) is 0 Å². The summed E-state index contributed by atoms with van der Waals surface area (Å²) in [4.78, 5) is 4.52. The van der Waals surface area contributed by atoms with Crippen LogP contribution in [0.5, 0.6) is 0 Å². The highest BCUT2D eigenvalue weighted by Crippen LogP contribution is 2.43. The van der Waals surface area contributed by atoms with Gasteiger partial charge in [-0.2, -0.15) is 4.98 Å². The molecular formula is C12H19N3O2. The largest absolute Gasteiger partial charge is 0.374 e. The Bertz CT molecular complexity index is 416. The summed E-state index contributed by atoms with van der Waals surface area (Å²) in [6.07, 6.45) is 4.05. The zero-order chi connectivity index (χ0) is 12.0. The van der Waals surface area contributed by atoms with Gasteiger partial charge in [-0.05, 0) is 33.1 Å². The molecule has 3 unspecified atom stereocenters. The smallest absolute Gasteiger partial charge is 0.233 e. The van der Waals surface area contributed by atoms with Gasteiger partial charge in [0.25, 0.3) is 0 Å². The summed E-state index contributed by atoms with van der Waals surface area (Å²) in [5.41, 5.74) is 5.46. The third-order valence-electron chi connectivity index (χ3n) is 3.97. The molecule has 0 aromatic carbocycles. The van der Waals surface area contributed by atoms with Gasteiger partial charge in [0.15, 0.2) is 5.82 Å². The second-order valence-electron chi connectivity index (χ2n) is 5.76. The molecule has 0 spiro atoms. The van der Waals surface area contributed by atoms with Crippen LogP contribution in [0.3, 0.4) is 0 Å². The minimum absolute atomic E-state index is 0.246. The summed E-state index contributed by atoms with van der Waals surface area (Å²) in [5.74, 6) is 1.76. The first-order chi connectivity index (χ1) is 8.10. The Morgan fingerprint density at radius 3 is 2.82 bits per heavy atom. The monoisotopic (exact) mass is 237 g/mol. The Morgan fingerprint density at radius 1 is 1.41 bits per heavy atom. The van der Waals surface area contributed by atoms with Crippen LogP contribution in [0.2, 0.25) is 0 Å². The van der Waals surface area contributed by atoms with Gasteiger partial charge in [0.2, 0.25) is 5.89 Å². The zero-order valence-corrected chi connectivity index (χ0v) is 10.3. The van der Waals surface area contributed by atoms with Gasteiger partial charge in [0.05, 0.1) is 23.5 Å². The van der Waals surface area contributed by atoms with Crippen molar-refractivity contribution < 1.29 is 9.26 Å². The maximum atomic E-state index is 5.81. The first-order valence-electron chi connectivity index (χ1n) is 6.30. The van der Waals surface area contributed by atoms with E-state index in [0.717, 1.165) is 18.7 Å². The average molecular weight is 237 g/mol. The topological polar surface area (TPSA) is 74.2 Å². The molecule has 0 radical (unpaired) electrons. The fraction of sp³-hybridized carbons (Fsp3) is 0.833.